The van der Waals surface area contributed by atoms with Gasteiger partial charge < -0.3 is 10.0 Å². The number of nitrogens with zero attached hydrogens (tertiary/aromatic N) is 2. The van der Waals surface area contributed by atoms with Crippen LogP contribution in [-0.4, -0.2) is 29.9 Å². The fourth-order valence-electron chi connectivity index (χ4n) is 5.02. The van der Waals surface area contributed by atoms with Crippen LogP contribution >= 0.6 is 0 Å². The molecule has 0 fully saturated rings. The molecule has 0 aromatic heterocycles. The van der Waals surface area contributed by atoms with Crippen LogP contribution in [0.3, 0.4) is 0 Å². The average Bonchev–Trinajstić information content (AvgIpc) is 3.15. The first-order chi connectivity index (χ1) is 17.3. The molecule has 1 atom stereocenters. The van der Waals surface area contributed by atoms with Crippen LogP contribution < -0.4 is 9.80 Å². The fraction of sp³-hybridized carbons (Fsp3) is 0.290. The molecular weight excluding hydrogens is 448 g/mol. The number of rotatable bonds is 9. The number of amides is 1. The number of benzene rings is 3. The Morgan fingerprint density at radius 3 is 2.22 bits per heavy atom. The highest BCUT2D eigenvalue weighted by Gasteiger charge is 2.44. The molecule has 0 saturated carbocycles. The zero-order valence-electron chi connectivity index (χ0n) is 21.5. The van der Waals surface area contributed by atoms with Gasteiger partial charge in [-0.3, -0.25) is 14.5 Å². The second kappa shape index (κ2) is 10.8. The topological polar surface area (TPSA) is 60.9 Å². The third-order valence-electron chi connectivity index (χ3n) is 6.94. The van der Waals surface area contributed by atoms with Crippen LogP contribution in [0.2, 0.25) is 0 Å². The molecule has 5 nitrogen and oxygen atoms in total. The number of Topliss-reactive ketones (excluding diaryl/α,β-unsaturated/α-hetero) is 1. The van der Waals surface area contributed by atoms with Gasteiger partial charge in [0.1, 0.15) is 0 Å². The van der Waals surface area contributed by atoms with Gasteiger partial charge in [0.2, 0.25) is 0 Å². The van der Waals surface area contributed by atoms with E-state index >= 15 is 0 Å². The third kappa shape index (κ3) is 4.92. The number of ketones is 1. The van der Waals surface area contributed by atoms with Crippen LogP contribution in [0, 0.1) is 13.8 Å². The van der Waals surface area contributed by atoms with Crippen molar-refractivity contribution < 1.29 is 14.7 Å². The number of hydrogen-bond donors (Lipinski definition) is 1. The van der Waals surface area contributed by atoms with E-state index in [0.29, 0.717) is 12.1 Å². The Kier molecular flexibility index (Phi) is 7.58. The molecule has 1 heterocycles. The SMILES string of the molecule is CCN(CC)c1ccc(C2C(C(=O)CCc3ccccc3)=C(O)C(=O)N2c2ccc(C)cc2C)cc1. The lowest BCUT2D eigenvalue weighted by atomic mass is 9.92. The molecule has 0 aliphatic carbocycles. The normalized spacial score (nSPS) is 15.5. The summed E-state index contributed by atoms with van der Waals surface area (Å²) in [5.74, 6) is -1.21. The van der Waals surface area contributed by atoms with Crippen molar-refractivity contribution in [2.24, 2.45) is 0 Å². The van der Waals surface area contributed by atoms with Gasteiger partial charge in [-0.1, -0.05) is 60.2 Å². The van der Waals surface area contributed by atoms with E-state index in [-0.39, 0.29) is 17.8 Å². The first-order valence-electron chi connectivity index (χ1n) is 12.6. The van der Waals surface area contributed by atoms with E-state index in [9.17, 15) is 14.7 Å². The van der Waals surface area contributed by atoms with Gasteiger partial charge in [0.25, 0.3) is 5.91 Å². The van der Waals surface area contributed by atoms with Crippen LogP contribution in [0.5, 0.6) is 0 Å². The number of aliphatic hydroxyl groups excluding tert-OH is 1. The van der Waals surface area contributed by atoms with Gasteiger partial charge in [0.05, 0.1) is 11.6 Å². The molecule has 1 aliphatic rings. The number of aliphatic hydroxyl groups is 1. The summed E-state index contributed by atoms with van der Waals surface area (Å²) in [6, 6.07) is 22.9. The second-order valence-corrected chi connectivity index (χ2v) is 9.30. The van der Waals surface area contributed by atoms with Gasteiger partial charge in [-0.05, 0) is 69.0 Å². The molecule has 36 heavy (non-hydrogen) atoms. The van der Waals surface area contributed by atoms with E-state index in [2.05, 4.69) is 18.7 Å². The maximum Gasteiger partial charge on any atom is 0.294 e. The number of carbonyl (C=O) groups is 2. The molecule has 0 radical (unpaired) electrons. The van der Waals surface area contributed by atoms with Crippen molar-refractivity contribution in [1.29, 1.82) is 0 Å². The molecule has 1 aliphatic heterocycles. The molecule has 1 amide bonds. The Morgan fingerprint density at radius 1 is 0.944 bits per heavy atom. The lowest BCUT2D eigenvalue weighted by Gasteiger charge is -2.29. The summed E-state index contributed by atoms with van der Waals surface area (Å²) in [5, 5.41) is 11.0. The minimum absolute atomic E-state index is 0.173. The van der Waals surface area contributed by atoms with Crippen molar-refractivity contribution in [3.8, 4) is 0 Å². The van der Waals surface area contributed by atoms with Crippen molar-refractivity contribution in [3.05, 3.63) is 106 Å². The first kappa shape index (κ1) is 25.2. The van der Waals surface area contributed by atoms with Crippen LogP contribution in [0.1, 0.15) is 48.6 Å². The smallest absolute Gasteiger partial charge is 0.294 e. The Morgan fingerprint density at radius 2 is 1.61 bits per heavy atom. The van der Waals surface area contributed by atoms with Crippen molar-refractivity contribution in [2.75, 3.05) is 22.9 Å². The van der Waals surface area contributed by atoms with Crippen molar-refractivity contribution >= 4 is 23.1 Å². The summed E-state index contributed by atoms with van der Waals surface area (Å²) < 4.78 is 0. The van der Waals surface area contributed by atoms with Crippen LogP contribution in [-0.2, 0) is 16.0 Å². The first-order valence-corrected chi connectivity index (χ1v) is 12.6. The van der Waals surface area contributed by atoms with Gasteiger partial charge >= 0.3 is 0 Å². The Bertz CT molecular complexity index is 1270. The summed E-state index contributed by atoms with van der Waals surface area (Å²) in [4.78, 5) is 30.8. The van der Waals surface area contributed by atoms with Crippen molar-refractivity contribution in [3.63, 3.8) is 0 Å². The molecule has 0 spiro atoms. The van der Waals surface area contributed by atoms with Crippen LogP contribution in [0.15, 0.2) is 84.1 Å². The van der Waals surface area contributed by atoms with E-state index in [1.807, 2.05) is 86.6 Å². The number of hydrogen-bond acceptors (Lipinski definition) is 4. The Balaban J connectivity index is 1.75. The molecule has 5 heteroatoms. The number of aryl methyl sites for hydroxylation is 3. The Labute approximate surface area is 213 Å². The molecule has 3 aromatic carbocycles. The molecule has 3 aromatic rings. The van der Waals surface area contributed by atoms with E-state index in [0.717, 1.165) is 41.0 Å². The summed E-state index contributed by atoms with van der Waals surface area (Å²) in [5.41, 5.74) is 5.79. The van der Waals surface area contributed by atoms with Gasteiger partial charge in [0.15, 0.2) is 11.5 Å². The maximum absolute atomic E-state index is 13.5. The molecule has 0 saturated heterocycles. The number of anilines is 2. The minimum atomic E-state index is -0.687. The third-order valence-corrected chi connectivity index (χ3v) is 6.94. The lowest BCUT2D eigenvalue weighted by molar-refractivity contribution is -0.118. The number of carbonyl (C=O) groups excluding carboxylic acids is 2. The second-order valence-electron chi connectivity index (χ2n) is 9.30. The molecular formula is C31H34N2O3. The van der Waals surface area contributed by atoms with E-state index < -0.39 is 17.7 Å². The quantitative estimate of drug-likeness (QED) is 0.392. The van der Waals surface area contributed by atoms with Crippen LogP contribution in [0.25, 0.3) is 0 Å². The lowest BCUT2D eigenvalue weighted by Crippen LogP contribution is -2.31. The predicted octanol–water partition coefficient (Wildman–Crippen LogP) is 6.25. The van der Waals surface area contributed by atoms with Gasteiger partial charge in [-0.15, -0.1) is 0 Å². The zero-order valence-corrected chi connectivity index (χ0v) is 21.5. The molecule has 4 rings (SSSR count). The van der Waals surface area contributed by atoms with E-state index in [1.54, 1.807) is 4.90 Å². The van der Waals surface area contributed by atoms with Crippen molar-refractivity contribution in [1.82, 2.24) is 0 Å². The summed E-state index contributed by atoms with van der Waals surface area (Å²) >= 11 is 0. The summed E-state index contributed by atoms with van der Waals surface area (Å²) in [6.07, 6.45) is 0.757. The molecule has 1 unspecified atom stereocenters. The van der Waals surface area contributed by atoms with Crippen molar-refractivity contribution in [2.45, 2.75) is 46.6 Å². The van der Waals surface area contributed by atoms with E-state index in [1.165, 1.54) is 0 Å². The average molecular weight is 483 g/mol. The maximum atomic E-state index is 13.5. The standard InChI is InChI=1S/C31H34N2O3/c1-5-32(6-2)25-16-14-24(15-17-25)29-28(27(34)19-13-23-10-8-7-9-11-23)30(35)31(36)33(29)26-18-12-21(3)20-22(26)4/h7-12,14-18,20,29,35H,5-6,13,19H2,1-4H3. The Hall–Kier alpha value is -3.86. The molecule has 186 valence electrons. The highest BCUT2D eigenvalue weighted by molar-refractivity contribution is 6.16. The van der Waals surface area contributed by atoms with Gasteiger partial charge in [-0.25, -0.2) is 0 Å². The fourth-order valence-corrected chi connectivity index (χ4v) is 5.02. The van der Waals surface area contributed by atoms with Gasteiger partial charge in [0, 0.05) is 30.9 Å². The minimum Gasteiger partial charge on any atom is -0.503 e. The monoisotopic (exact) mass is 482 g/mol. The summed E-state index contributed by atoms with van der Waals surface area (Å²) in [7, 11) is 0. The highest BCUT2D eigenvalue weighted by Crippen LogP contribution is 2.43. The molecule has 0 bridgehead atoms. The largest absolute Gasteiger partial charge is 0.503 e. The zero-order chi connectivity index (χ0) is 25.8. The van der Waals surface area contributed by atoms with E-state index in [4.69, 9.17) is 0 Å². The molecule has 1 N–H and O–H groups in total. The van der Waals surface area contributed by atoms with Crippen LogP contribution in [0.4, 0.5) is 11.4 Å². The highest BCUT2D eigenvalue weighted by atomic mass is 16.3. The van der Waals surface area contributed by atoms with Gasteiger partial charge in [-0.2, -0.15) is 0 Å². The predicted molar refractivity (Wildman–Crippen MR) is 146 cm³/mol. The summed E-state index contributed by atoms with van der Waals surface area (Å²) in [6.45, 7) is 9.94.